The number of pyridine rings is 1. The van der Waals surface area contributed by atoms with Gasteiger partial charge in [-0.1, -0.05) is 48.5 Å². The van der Waals surface area contributed by atoms with Crippen LogP contribution in [0.4, 0.5) is 4.39 Å². The molecule has 0 atom stereocenters. The molecule has 162 valence electrons. The summed E-state index contributed by atoms with van der Waals surface area (Å²) in [5.74, 6) is -1.17. The summed E-state index contributed by atoms with van der Waals surface area (Å²) in [5, 5.41) is 0.328. The van der Waals surface area contributed by atoms with Gasteiger partial charge in [-0.25, -0.2) is 9.18 Å². The monoisotopic (exact) mass is 431 g/mol. The quantitative estimate of drug-likeness (QED) is 0.319. The fourth-order valence-electron chi connectivity index (χ4n) is 3.72. The first kappa shape index (κ1) is 21.5. The van der Waals surface area contributed by atoms with Gasteiger partial charge in [-0.15, -0.1) is 0 Å². The number of para-hydroxylation sites is 1. The lowest BCUT2D eigenvalue weighted by molar-refractivity contribution is 0.0378. The number of rotatable bonds is 7. The van der Waals surface area contributed by atoms with Gasteiger partial charge in [-0.3, -0.25) is 4.79 Å². The van der Waals surface area contributed by atoms with Crippen molar-refractivity contribution in [3.8, 4) is 5.69 Å². The average Bonchev–Trinajstić information content (AvgIpc) is 2.82. The Morgan fingerprint density at radius 2 is 1.62 bits per heavy atom. The van der Waals surface area contributed by atoms with Crippen molar-refractivity contribution < 1.29 is 18.7 Å². The van der Waals surface area contributed by atoms with Crippen molar-refractivity contribution in [1.29, 1.82) is 0 Å². The van der Waals surface area contributed by atoms with Crippen molar-refractivity contribution >= 4 is 16.9 Å². The highest BCUT2D eigenvalue weighted by Gasteiger charge is 2.25. The topological polar surface area (TPSA) is 57.5 Å². The lowest BCUT2D eigenvalue weighted by Gasteiger charge is -2.20. The zero-order valence-electron chi connectivity index (χ0n) is 17.6. The molecule has 0 unspecified atom stereocenters. The molecule has 6 heteroatoms. The van der Waals surface area contributed by atoms with Gasteiger partial charge in [0.15, 0.2) is 5.43 Å². The maximum atomic E-state index is 14.2. The minimum absolute atomic E-state index is 0.0320. The van der Waals surface area contributed by atoms with Gasteiger partial charge in [-0.2, -0.15) is 0 Å². The van der Waals surface area contributed by atoms with Crippen LogP contribution in [-0.2, 0) is 15.9 Å². The first-order valence-electron chi connectivity index (χ1n) is 10.2. The van der Waals surface area contributed by atoms with E-state index >= 15 is 0 Å². The molecule has 0 spiro atoms. The lowest BCUT2D eigenvalue weighted by atomic mass is 9.99. The number of aromatic nitrogens is 1. The number of esters is 1. The van der Waals surface area contributed by atoms with E-state index in [1.165, 1.54) is 25.3 Å². The summed E-state index contributed by atoms with van der Waals surface area (Å²) in [4.78, 5) is 26.8. The molecule has 0 N–H and O–H groups in total. The van der Waals surface area contributed by atoms with Gasteiger partial charge < -0.3 is 14.0 Å². The molecule has 1 heterocycles. The van der Waals surface area contributed by atoms with E-state index in [1.54, 1.807) is 16.7 Å². The Labute approximate surface area is 184 Å². The minimum atomic E-state index is -0.667. The molecule has 1 aromatic heterocycles. The number of benzene rings is 3. The molecular weight excluding hydrogens is 409 g/mol. The summed E-state index contributed by atoms with van der Waals surface area (Å²) in [7, 11) is 1.51. The van der Waals surface area contributed by atoms with E-state index in [4.69, 9.17) is 9.47 Å². The smallest absolute Gasteiger partial charge is 0.355 e. The van der Waals surface area contributed by atoms with Crippen LogP contribution in [0.15, 0.2) is 83.7 Å². The second-order valence-electron chi connectivity index (χ2n) is 7.28. The minimum Gasteiger partial charge on any atom is -0.459 e. The van der Waals surface area contributed by atoms with Crippen molar-refractivity contribution in [2.24, 2.45) is 0 Å². The zero-order valence-corrected chi connectivity index (χ0v) is 17.6. The van der Waals surface area contributed by atoms with Gasteiger partial charge in [0, 0.05) is 30.2 Å². The molecule has 0 bridgehead atoms. The number of carbonyl (C=O) groups is 1. The van der Waals surface area contributed by atoms with Crippen LogP contribution >= 0.6 is 0 Å². The van der Waals surface area contributed by atoms with Gasteiger partial charge in [0.1, 0.15) is 18.1 Å². The highest BCUT2D eigenvalue weighted by atomic mass is 19.1. The summed E-state index contributed by atoms with van der Waals surface area (Å²) in [5.41, 5.74) is 1.85. The third kappa shape index (κ3) is 4.31. The molecule has 4 rings (SSSR count). The van der Waals surface area contributed by atoms with Crippen LogP contribution in [0.3, 0.4) is 0 Å². The van der Waals surface area contributed by atoms with Crippen LogP contribution in [0, 0.1) is 5.82 Å². The van der Waals surface area contributed by atoms with Crippen molar-refractivity contribution in [3.05, 3.63) is 112 Å². The van der Waals surface area contributed by atoms with Crippen LogP contribution in [-0.4, -0.2) is 30.9 Å². The number of hydrogen-bond acceptors (Lipinski definition) is 4. The predicted molar refractivity (Wildman–Crippen MR) is 121 cm³/mol. The SMILES string of the molecule is COCCOC(=O)c1c(Cc2ccccc2)c(=O)c2ccc(F)cc2n1-c1ccccc1. The Balaban J connectivity index is 2.04. The van der Waals surface area contributed by atoms with Crippen molar-refractivity contribution in [2.45, 2.75) is 6.42 Å². The van der Waals surface area contributed by atoms with E-state index < -0.39 is 11.8 Å². The largest absolute Gasteiger partial charge is 0.459 e. The van der Waals surface area contributed by atoms with Crippen molar-refractivity contribution in [1.82, 2.24) is 4.57 Å². The predicted octanol–water partition coefficient (Wildman–Crippen LogP) is 4.52. The summed E-state index contributed by atoms with van der Waals surface area (Å²) in [6.07, 6.45) is 0.231. The van der Waals surface area contributed by atoms with Gasteiger partial charge in [-0.05, 0) is 35.9 Å². The molecule has 0 aliphatic carbocycles. The molecule has 0 aliphatic heterocycles. The highest BCUT2D eigenvalue weighted by molar-refractivity contribution is 5.95. The van der Waals surface area contributed by atoms with Gasteiger partial charge in [0.2, 0.25) is 0 Å². The van der Waals surface area contributed by atoms with Crippen LogP contribution in [0.5, 0.6) is 0 Å². The Hall–Kier alpha value is -3.77. The van der Waals surface area contributed by atoms with E-state index in [-0.39, 0.29) is 30.8 Å². The molecule has 0 aliphatic rings. The molecule has 0 saturated heterocycles. The number of fused-ring (bicyclic) bond motifs is 1. The molecule has 0 saturated carbocycles. The number of ether oxygens (including phenoxy) is 2. The number of nitrogens with zero attached hydrogens (tertiary/aromatic N) is 1. The number of halogens is 1. The van der Waals surface area contributed by atoms with Gasteiger partial charge >= 0.3 is 5.97 Å². The first-order chi connectivity index (χ1) is 15.6. The van der Waals surface area contributed by atoms with Gasteiger partial charge in [0.25, 0.3) is 0 Å². The Kier molecular flexibility index (Phi) is 6.42. The third-order valence-electron chi connectivity index (χ3n) is 5.18. The number of hydrogen-bond donors (Lipinski definition) is 0. The summed E-state index contributed by atoms with van der Waals surface area (Å²) >= 11 is 0. The molecule has 0 amide bonds. The molecule has 0 radical (unpaired) electrons. The fourth-order valence-corrected chi connectivity index (χ4v) is 3.72. The summed E-state index contributed by atoms with van der Waals surface area (Å²) < 4.78 is 26.3. The second kappa shape index (κ2) is 9.58. The third-order valence-corrected chi connectivity index (χ3v) is 5.18. The zero-order chi connectivity index (χ0) is 22.5. The lowest BCUT2D eigenvalue weighted by Crippen LogP contribution is -2.26. The maximum Gasteiger partial charge on any atom is 0.355 e. The molecule has 5 nitrogen and oxygen atoms in total. The van der Waals surface area contributed by atoms with Crippen molar-refractivity contribution in [3.63, 3.8) is 0 Å². The van der Waals surface area contributed by atoms with Crippen LogP contribution < -0.4 is 5.43 Å². The average molecular weight is 431 g/mol. The van der Waals surface area contributed by atoms with E-state index in [0.717, 1.165) is 5.56 Å². The molecule has 3 aromatic carbocycles. The molecule has 0 fully saturated rings. The number of methoxy groups -OCH3 is 1. The van der Waals surface area contributed by atoms with Crippen LogP contribution in [0.2, 0.25) is 0 Å². The summed E-state index contributed by atoms with van der Waals surface area (Å²) in [6.45, 7) is 0.252. The Bertz CT molecular complexity index is 1300. The number of carbonyl (C=O) groups excluding carboxylic acids is 1. The summed E-state index contributed by atoms with van der Waals surface area (Å²) in [6, 6.07) is 22.5. The standard InChI is InChI=1S/C26H22FNO4/c1-31-14-15-32-26(30)24-22(16-18-8-4-2-5-9-18)25(29)21-13-12-19(27)17-23(21)28(24)20-10-6-3-7-11-20/h2-13,17H,14-16H2,1H3. The van der Waals surface area contributed by atoms with E-state index in [9.17, 15) is 14.0 Å². The second-order valence-corrected chi connectivity index (χ2v) is 7.28. The normalized spacial score (nSPS) is 10.9. The molecular formula is C26H22FNO4. The van der Waals surface area contributed by atoms with Gasteiger partial charge in [0.05, 0.1) is 12.1 Å². The van der Waals surface area contributed by atoms with Crippen molar-refractivity contribution in [2.75, 3.05) is 20.3 Å². The van der Waals surface area contributed by atoms with Crippen LogP contribution in [0.25, 0.3) is 16.6 Å². The Morgan fingerprint density at radius 1 is 0.938 bits per heavy atom. The van der Waals surface area contributed by atoms with E-state index in [1.807, 2.05) is 48.5 Å². The van der Waals surface area contributed by atoms with Crippen LogP contribution in [0.1, 0.15) is 21.6 Å². The maximum absolute atomic E-state index is 14.2. The first-order valence-corrected chi connectivity index (χ1v) is 10.2. The molecule has 4 aromatic rings. The highest BCUT2D eigenvalue weighted by Crippen LogP contribution is 2.25. The molecule has 32 heavy (non-hydrogen) atoms. The fraction of sp³-hybridized carbons (Fsp3) is 0.154. The Morgan fingerprint density at radius 3 is 2.31 bits per heavy atom. The van der Waals surface area contributed by atoms with E-state index in [0.29, 0.717) is 22.2 Å². The van der Waals surface area contributed by atoms with E-state index in [2.05, 4.69) is 0 Å².